The fraction of sp³-hybridized carbons (Fsp3) is 0.0476. The number of fused-ring (bicyclic) bond motifs is 1. The molecule has 0 saturated heterocycles. The van der Waals surface area contributed by atoms with Crippen LogP contribution in [-0.4, -0.2) is 20.4 Å². The van der Waals surface area contributed by atoms with Gasteiger partial charge in [0.2, 0.25) is 5.91 Å². The van der Waals surface area contributed by atoms with Crippen molar-refractivity contribution in [2.75, 3.05) is 5.32 Å². The lowest BCUT2D eigenvalue weighted by molar-refractivity contribution is -0.116. The van der Waals surface area contributed by atoms with Gasteiger partial charge in [0.15, 0.2) is 5.65 Å². The van der Waals surface area contributed by atoms with Crippen LogP contribution in [0.4, 0.5) is 5.69 Å². The van der Waals surface area contributed by atoms with Crippen molar-refractivity contribution in [1.82, 2.24) is 14.5 Å². The summed E-state index contributed by atoms with van der Waals surface area (Å²) < 4.78 is 1.28. The van der Waals surface area contributed by atoms with Crippen LogP contribution in [0.2, 0.25) is 0 Å². The van der Waals surface area contributed by atoms with Crippen LogP contribution >= 0.6 is 0 Å². The minimum Gasteiger partial charge on any atom is -0.324 e. The van der Waals surface area contributed by atoms with Gasteiger partial charge >= 0.3 is 0 Å². The van der Waals surface area contributed by atoms with E-state index in [9.17, 15) is 9.59 Å². The smallest absolute Gasteiger partial charge is 0.263 e. The molecule has 0 radical (unpaired) electrons. The molecule has 4 rings (SSSR count). The van der Waals surface area contributed by atoms with Crippen molar-refractivity contribution in [3.63, 3.8) is 0 Å². The molecule has 1 amide bonds. The van der Waals surface area contributed by atoms with E-state index in [2.05, 4.69) is 15.3 Å². The van der Waals surface area contributed by atoms with Crippen molar-refractivity contribution in [3.05, 3.63) is 89.6 Å². The average Bonchev–Trinajstić information content (AvgIpc) is 2.71. The number of amides is 1. The SMILES string of the molecule is O=C(Cn1cnc2ncccc2c1=O)Nc1ccccc1-c1ccccc1. The summed E-state index contributed by atoms with van der Waals surface area (Å²) in [6, 6.07) is 20.7. The highest BCUT2D eigenvalue weighted by molar-refractivity contribution is 5.95. The Bertz CT molecular complexity index is 1170. The van der Waals surface area contributed by atoms with Gasteiger partial charge < -0.3 is 5.32 Å². The van der Waals surface area contributed by atoms with Crippen LogP contribution in [0.1, 0.15) is 0 Å². The molecule has 27 heavy (non-hydrogen) atoms. The number of hydrogen-bond donors (Lipinski definition) is 1. The molecule has 0 bridgehead atoms. The van der Waals surface area contributed by atoms with Gasteiger partial charge in [-0.2, -0.15) is 0 Å². The molecule has 4 aromatic rings. The maximum absolute atomic E-state index is 12.5. The van der Waals surface area contributed by atoms with Gasteiger partial charge in [-0.3, -0.25) is 14.2 Å². The minimum atomic E-state index is -0.300. The zero-order valence-corrected chi connectivity index (χ0v) is 14.4. The number of nitrogens with one attached hydrogen (secondary N) is 1. The third kappa shape index (κ3) is 3.46. The highest BCUT2D eigenvalue weighted by atomic mass is 16.2. The molecule has 0 unspecified atom stereocenters. The first-order valence-corrected chi connectivity index (χ1v) is 8.47. The second-order valence-electron chi connectivity index (χ2n) is 6.01. The predicted molar refractivity (Wildman–Crippen MR) is 104 cm³/mol. The van der Waals surface area contributed by atoms with E-state index in [0.29, 0.717) is 16.7 Å². The number of nitrogens with zero attached hydrogens (tertiary/aromatic N) is 3. The summed E-state index contributed by atoms with van der Waals surface area (Å²) in [4.78, 5) is 33.2. The molecule has 0 aliphatic carbocycles. The number of carbonyl (C=O) groups excluding carboxylic acids is 1. The normalized spacial score (nSPS) is 10.7. The van der Waals surface area contributed by atoms with Crippen LogP contribution in [-0.2, 0) is 11.3 Å². The van der Waals surface area contributed by atoms with Crippen molar-refractivity contribution < 1.29 is 4.79 Å². The molecule has 0 saturated carbocycles. The molecule has 2 aromatic carbocycles. The van der Waals surface area contributed by atoms with Crippen molar-refractivity contribution in [2.24, 2.45) is 0 Å². The molecule has 1 N–H and O–H groups in total. The van der Waals surface area contributed by atoms with Gasteiger partial charge in [0.05, 0.1) is 5.39 Å². The first-order valence-electron chi connectivity index (χ1n) is 8.47. The van der Waals surface area contributed by atoms with Crippen molar-refractivity contribution in [3.8, 4) is 11.1 Å². The lowest BCUT2D eigenvalue weighted by Crippen LogP contribution is -2.28. The van der Waals surface area contributed by atoms with Crippen LogP contribution in [0, 0.1) is 0 Å². The fourth-order valence-corrected chi connectivity index (χ4v) is 2.92. The molecule has 0 atom stereocenters. The zero-order chi connectivity index (χ0) is 18.6. The minimum absolute atomic E-state index is 0.125. The molecule has 2 aromatic heterocycles. The Morgan fingerprint density at radius 3 is 2.56 bits per heavy atom. The van der Waals surface area contributed by atoms with E-state index in [1.165, 1.54) is 10.9 Å². The van der Waals surface area contributed by atoms with Gasteiger partial charge in [0.25, 0.3) is 5.56 Å². The highest BCUT2D eigenvalue weighted by Crippen LogP contribution is 2.27. The van der Waals surface area contributed by atoms with E-state index in [1.807, 2.05) is 54.6 Å². The van der Waals surface area contributed by atoms with E-state index in [1.54, 1.807) is 18.3 Å². The Hall–Kier alpha value is -3.80. The maximum Gasteiger partial charge on any atom is 0.263 e. The maximum atomic E-state index is 12.5. The van der Waals surface area contributed by atoms with Gasteiger partial charge in [-0.15, -0.1) is 0 Å². The molecule has 0 aliphatic heterocycles. The molecule has 2 heterocycles. The van der Waals surface area contributed by atoms with Gasteiger partial charge in [0, 0.05) is 17.4 Å². The summed E-state index contributed by atoms with van der Waals surface area (Å²) in [6.07, 6.45) is 2.92. The molecular weight excluding hydrogens is 340 g/mol. The Morgan fingerprint density at radius 2 is 1.70 bits per heavy atom. The van der Waals surface area contributed by atoms with E-state index in [-0.39, 0.29) is 18.0 Å². The van der Waals surface area contributed by atoms with Crippen molar-refractivity contribution in [2.45, 2.75) is 6.54 Å². The quantitative estimate of drug-likeness (QED) is 0.610. The van der Waals surface area contributed by atoms with Crippen LogP contribution in [0.15, 0.2) is 84.0 Å². The monoisotopic (exact) mass is 356 g/mol. The third-order valence-corrected chi connectivity index (χ3v) is 4.20. The van der Waals surface area contributed by atoms with Crippen molar-refractivity contribution >= 4 is 22.6 Å². The Labute approximate surface area is 155 Å². The molecular formula is C21H16N4O2. The second-order valence-corrected chi connectivity index (χ2v) is 6.01. The zero-order valence-electron chi connectivity index (χ0n) is 14.4. The number of anilines is 1. The number of carbonyl (C=O) groups is 1. The standard InChI is InChI=1S/C21H16N4O2/c26-19(13-25-14-23-20-17(21(25)27)10-6-12-22-20)24-18-11-5-4-9-16(18)15-7-2-1-3-8-15/h1-12,14H,13H2,(H,24,26). The lowest BCUT2D eigenvalue weighted by atomic mass is 10.0. The number of hydrogen-bond acceptors (Lipinski definition) is 4. The van der Waals surface area contributed by atoms with E-state index in [4.69, 9.17) is 0 Å². The second kappa shape index (κ2) is 7.21. The summed E-state index contributed by atoms with van der Waals surface area (Å²) in [7, 11) is 0. The first-order chi connectivity index (χ1) is 13.2. The van der Waals surface area contributed by atoms with Gasteiger partial charge in [-0.05, 0) is 23.8 Å². The number of rotatable bonds is 4. The summed E-state index contributed by atoms with van der Waals surface area (Å²) in [5.41, 5.74) is 2.69. The van der Waals surface area contributed by atoms with Crippen LogP contribution in [0.5, 0.6) is 0 Å². The van der Waals surface area contributed by atoms with Crippen LogP contribution in [0.25, 0.3) is 22.2 Å². The molecule has 6 nitrogen and oxygen atoms in total. The average molecular weight is 356 g/mol. The van der Waals surface area contributed by atoms with E-state index in [0.717, 1.165) is 11.1 Å². The highest BCUT2D eigenvalue weighted by Gasteiger charge is 2.11. The molecule has 6 heteroatoms. The Kier molecular flexibility index (Phi) is 4.45. The molecule has 0 aliphatic rings. The predicted octanol–water partition coefficient (Wildman–Crippen LogP) is 3.10. The summed E-state index contributed by atoms with van der Waals surface area (Å²) in [6.45, 7) is -0.125. The number of para-hydroxylation sites is 1. The van der Waals surface area contributed by atoms with E-state index < -0.39 is 0 Å². The summed E-state index contributed by atoms with van der Waals surface area (Å²) in [5.74, 6) is -0.300. The Balaban J connectivity index is 1.60. The molecule has 0 fully saturated rings. The molecule has 132 valence electrons. The molecule has 0 spiro atoms. The van der Waals surface area contributed by atoms with Crippen LogP contribution in [0.3, 0.4) is 0 Å². The first kappa shape index (κ1) is 16.7. The number of pyridine rings is 1. The largest absolute Gasteiger partial charge is 0.324 e. The summed E-state index contributed by atoms with van der Waals surface area (Å²) >= 11 is 0. The van der Waals surface area contributed by atoms with Gasteiger partial charge in [0.1, 0.15) is 12.9 Å². The third-order valence-electron chi connectivity index (χ3n) is 4.20. The number of aromatic nitrogens is 3. The van der Waals surface area contributed by atoms with Gasteiger partial charge in [-0.1, -0.05) is 48.5 Å². The summed E-state index contributed by atoms with van der Waals surface area (Å²) in [5, 5.41) is 3.28. The van der Waals surface area contributed by atoms with E-state index >= 15 is 0 Å². The lowest BCUT2D eigenvalue weighted by Gasteiger charge is -2.12. The van der Waals surface area contributed by atoms with Crippen LogP contribution < -0.4 is 10.9 Å². The van der Waals surface area contributed by atoms with Crippen molar-refractivity contribution in [1.29, 1.82) is 0 Å². The Morgan fingerprint density at radius 1 is 0.926 bits per heavy atom. The van der Waals surface area contributed by atoms with Gasteiger partial charge in [-0.25, -0.2) is 9.97 Å². The number of benzene rings is 2. The fourth-order valence-electron chi connectivity index (χ4n) is 2.92. The topological polar surface area (TPSA) is 76.9 Å².